The Balaban J connectivity index is 2.54. The molecule has 2 aromatic rings. The molecule has 0 aliphatic rings. The standard InChI is InChI=1S/C9H7F2N3S/c10-5-2-1-4(3-6(5)11)7-8(12)15-9(13)14-7/h1-3H,12H2,(H2,13,14). The molecule has 0 saturated carbocycles. The van der Waals surface area contributed by atoms with Crippen molar-refractivity contribution in [1.29, 1.82) is 0 Å². The molecule has 4 N–H and O–H groups in total. The Hall–Kier alpha value is -1.69. The number of rotatable bonds is 1. The van der Waals surface area contributed by atoms with Gasteiger partial charge in [0, 0.05) is 5.56 Å². The van der Waals surface area contributed by atoms with Crippen LogP contribution in [0.3, 0.4) is 0 Å². The van der Waals surface area contributed by atoms with Gasteiger partial charge in [-0.2, -0.15) is 0 Å². The van der Waals surface area contributed by atoms with Crippen molar-refractivity contribution in [2.45, 2.75) is 0 Å². The summed E-state index contributed by atoms with van der Waals surface area (Å²) in [4.78, 5) is 3.93. The first kappa shape index (κ1) is 9.85. The van der Waals surface area contributed by atoms with E-state index in [1.165, 1.54) is 6.07 Å². The second kappa shape index (κ2) is 3.47. The predicted molar refractivity (Wildman–Crippen MR) is 56.3 cm³/mol. The van der Waals surface area contributed by atoms with Crippen molar-refractivity contribution in [3.05, 3.63) is 29.8 Å². The van der Waals surface area contributed by atoms with E-state index in [4.69, 9.17) is 11.5 Å². The Morgan fingerprint density at radius 3 is 2.40 bits per heavy atom. The number of aromatic nitrogens is 1. The highest BCUT2D eigenvalue weighted by Crippen LogP contribution is 2.32. The van der Waals surface area contributed by atoms with Gasteiger partial charge >= 0.3 is 0 Å². The average Bonchev–Trinajstić information content (AvgIpc) is 2.50. The maximum absolute atomic E-state index is 12.9. The molecule has 0 saturated heterocycles. The molecule has 0 bridgehead atoms. The molecule has 78 valence electrons. The van der Waals surface area contributed by atoms with E-state index in [9.17, 15) is 8.78 Å². The lowest BCUT2D eigenvalue weighted by molar-refractivity contribution is 0.509. The van der Waals surface area contributed by atoms with Gasteiger partial charge in [-0.3, -0.25) is 0 Å². The second-order valence-electron chi connectivity index (χ2n) is 2.89. The third-order valence-corrected chi connectivity index (χ3v) is 2.58. The lowest BCUT2D eigenvalue weighted by Gasteiger charge is -1.99. The van der Waals surface area contributed by atoms with Gasteiger partial charge in [-0.15, -0.1) is 0 Å². The van der Waals surface area contributed by atoms with Crippen molar-refractivity contribution in [2.75, 3.05) is 11.5 Å². The number of thiazole rings is 1. The quantitative estimate of drug-likeness (QED) is 0.785. The predicted octanol–water partition coefficient (Wildman–Crippen LogP) is 2.25. The fraction of sp³-hybridized carbons (Fsp3) is 0. The van der Waals surface area contributed by atoms with E-state index in [0.717, 1.165) is 23.5 Å². The van der Waals surface area contributed by atoms with Crippen LogP contribution < -0.4 is 11.5 Å². The molecule has 1 aromatic heterocycles. The Morgan fingerprint density at radius 2 is 1.87 bits per heavy atom. The molecule has 0 aliphatic carbocycles. The zero-order valence-corrected chi connectivity index (χ0v) is 8.31. The number of halogens is 2. The van der Waals surface area contributed by atoms with Crippen LogP contribution >= 0.6 is 11.3 Å². The maximum Gasteiger partial charge on any atom is 0.182 e. The number of hydrogen-bond donors (Lipinski definition) is 2. The van der Waals surface area contributed by atoms with Crippen molar-refractivity contribution in [3.8, 4) is 11.3 Å². The van der Waals surface area contributed by atoms with Crippen molar-refractivity contribution in [3.63, 3.8) is 0 Å². The molecule has 0 spiro atoms. The molecule has 0 aliphatic heterocycles. The Bertz CT molecular complexity index is 510. The van der Waals surface area contributed by atoms with Gasteiger partial charge in [0.2, 0.25) is 0 Å². The van der Waals surface area contributed by atoms with Gasteiger partial charge in [0.25, 0.3) is 0 Å². The average molecular weight is 227 g/mol. The zero-order valence-electron chi connectivity index (χ0n) is 7.50. The van der Waals surface area contributed by atoms with Crippen LogP contribution in [0, 0.1) is 11.6 Å². The molecule has 6 heteroatoms. The highest BCUT2D eigenvalue weighted by Gasteiger charge is 2.11. The van der Waals surface area contributed by atoms with E-state index >= 15 is 0 Å². The summed E-state index contributed by atoms with van der Waals surface area (Å²) in [7, 11) is 0. The van der Waals surface area contributed by atoms with Crippen molar-refractivity contribution >= 4 is 21.5 Å². The summed E-state index contributed by atoms with van der Waals surface area (Å²) < 4.78 is 25.6. The van der Waals surface area contributed by atoms with Gasteiger partial charge in [-0.25, -0.2) is 13.8 Å². The van der Waals surface area contributed by atoms with Crippen LogP contribution in [0.5, 0.6) is 0 Å². The summed E-state index contributed by atoms with van der Waals surface area (Å²) in [6, 6.07) is 3.48. The molecule has 1 heterocycles. The molecule has 15 heavy (non-hydrogen) atoms. The first-order valence-electron chi connectivity index (χ1n) is 4.05. The normalized spacial score (nSPS) is 10.5. The van der Waals surface area contributed by atoms with Crippen molar-refractivity contribution in [1.82, 2.24) is 4.98 Å². The van der Waals surface area contributed by atoms with Crippen LogP contribution in [-0.2, 0) is 0 Å². The van der Waals surface area contributed by atoms with E-state index in [1.807, 2.05) is 0 Å². The largest absolute Gasteiger partial charge is 0.389 e. The third-order valence-electron chi connectivity index (χ3n) is 1.86. The Kier molecular flexibility index (Phi) is 2.28. The fourth-order valence-corrected chi connectivity index (χ4v) is 1.82. The summed E-state index contributed by atoms with van der Waals surface area (Å²) in [6.07, 6.45) is 0. The molecule has 0 unspecified atom stereocenters. The first-order valence-corrected chi connectivity index (χ1v) is 4.87. The monoisotopic (exact) mass is 227 g/mol. The molecule has 0 atom stereocenters. The summed E-state index contributed by atoms with van der Waals surface area (Å²) in [5, 5.41) is 0.686. The van der Waals surface area contributed by atoms with Gasteiger partial charge < -0.3 is 11.5 Å². The maximum atomic E-state index is 12.9. The summed E-state index contributed by atoms with van der Waals surface area (Å²) >= 11 is 1.10. The van der Waals surface area contributed by atoms with E-state index in [-0.39, 0.29) is 0 Å². The lowest BCUT2D eigenvalue weighted by Crippen LogP contribution is -1.89. The molecule has 0 fully saturated rings. The molecular formula is C9H7F2N3S. The van der Waals surface area contributed by atoms with Crippen LogP contribution in [0.1, 0.15) is 0 Å². The fourth-order valence-electron chi connectivity index (χ4n) is 1.20. The number of hydrogen-bond acceptors (Lipinski definition) is 4. The van der Waals surface area contributed by atoms with Gasteiger partial charge in [0.1, 0.15) is 10.7 Å². The minimum absolute atomic E-state index is 0.298. The number of nitrogen functional groups attached to an aromatic ring is 2. The molecule has 0 radical (unpaired) electrons. The topological polar surface area (TPSA) is 64.9 Å². The number of nitrogens with zero attached hydrogens (tertiary/aromatic N) is 1. The van der Waals surface area contributed by atoms with Crippen LogP contribution in [-0.4, -0.2) is 4.98 Å². The molecule has 1 aromatic carbocycles. The molecular weight excluding hydrogens is 220 g/mol. The van der Waals surface area contributed by atoms with Crippen LogP contribution in [0.25, 0.3) is 11.3 Å². The Labute approximate surface area is 88.4 Å². The van der Waals surface area contributed by atoms with Crippen molar-refractivity contribution in [2.24, 2.45) is 0 Å². The number of benzene rings is 1. The Morgan fingerprint density at radius 1 is 1.13 bits per heavy atom. The first-order chi connectivity index (χ1) is 7.08. The second-order valence-corrected chi connectivity index (χ2v) is 3.96. The van der Waals surface area contributed by atoms with Gasteiger partial charge in [0.15, 0.2) is 16.8 Å². The number of anilines is 2. The minimum Gasteiger partial charge on any atom is -0.389 e. The SMILES string of the molecule is Nc1nc(-c2ccc(F)c(F)c2)c(N)s1. The van der Waals surface area contributed by atoms with Crippen LogP contribution in [0.15, 0.2) is 18.2 Å². The lowest BCUT2D eigenvalue weighted by atomic mass is 10.1. The minimum atomic E-state index is -0.932. The smallest absolute Gasteiger partial charge is 0.182 e. The van der Waals surface area contributed by atoms with Crippen LogP contribution in [0.2, 0.25) is 0 Å². The van der Waals surface area contributed by atoms with Gasteiger partial charge in [0.05, 0.1) is 0 Å². The van der Waals surface area contributed by atoms with Crippen LogP contribution in [0.4, 0.5) is 18.9 Å². The summed E-state index contributed by atoms with van der Waals surface area (Å²) in [5.41, 5.74) is 11.9. The highest BCUT2D eigenvalue weighted by atomic mass is 32.1. The third kappa shape index (κ3) is 1.75. The molecule has 3 nitrogen and oxygen atoms in total. The highest BCUT2D eigenvalue weighted by molar-refractivity contribution is 7.19. The van der Waals surface area contributed by atoms with E-state index in [0.29, 0.717) is 21.4 Å². The molecule has 2 rings (SSSR count). The summed E-state index contributed by atoms with van der Waals surface area (Å²) in [5.74, 6) is -1.83. The number of nitrogens with two attached hydrogens (primary N) is 2. The van der Waals surface area contributed by atoms with Crippen molar-refractivity contribution < 1.29 is 8.78 Å². The van der Waals surface area contributed by atoms with E-state index < -0.39 is 11.6 Å². The van der Waals surface area contributed by atoms with E-state index in [1.54, 1.807) is 0 Å². The molecule has 0 amide bonds. The summed E-state index contributed by atoms with van der Waals surface area (Å²) in [6.45, 7) is 0. The zero-order chi connectivity index (χ0) is 11.0. The van der Waals surface area contributed by atoms with Gasteiger partial charge in [-0.05, 0) is 18.2 Å². The van der Waals surface area contributed by atoms with Gasteiger partial charge in [-0.1, -0.05) is 11.3 Å². The van der Waals surface area contributed by atoms with E-state index in [2.05, 4.69) is 4.98 Å².